The molecule has 1 aromatic carbocycles. The molecule has 0 bridgehead atoms. The molecule has 1 aliphatic rings. The van der Waals surface area contributed by atoms with Gasteiger partial charge in [-0.2, -0.15) is 0 Å². The third kappa shape index (κ3) is 3.57. The molecule has 0 spiro atoms. The van der Waals surface area contributed by atoms with E-state index in [-0.39, 0.29) is 5.92 Å². The average Bonchev–Trinajstić information content (AvgIpc) is 3.13. The molecule has 5 heteroatoms. The van der Waals surface area contributed by atoms with Gasteiger partial charge >= 0.3 is 5.97 Å². The largest absolute Gasteiger partial charge is 0.481 e. The van der Waals surface area contributed by atoms with Crippen molar-refractivity contribution in [3.63, 3.8) is 0 Å². The van der Waals surface area contributed by atoms with Crippen molar-refractivity contribution < 1.29 is 19.7 Å². The van der Waals surface area contributed by atoms with E-state index in [2.05, 4.69) is 4.98 Å². The number of aromatic nitrogens is 1. The van der Waals surface area contributed by atoms with Crippen LogP contribution in [0.2, 0.25) is 0 Å². The maximum absolute atomic E-state index is 11.8. The van der Waals surface area contributed by atoms with Gasteiger partial charge in [0.25, 0.3) is 0 Å². The second kappa shape index (κ2) is 6.94. The van der Waals surface area contributed by atoms with Gasteiger partial charge in [0.2, 0.25) is 0 Å². The summed E-state index contributed by atoms with van der Waals surface area (Å²) in [6.07, 6.45) is 3.72. The quantitative estimate of drug-likeness (QED) is 0.871. The van der Waals surface area contributed by atoms with E-state index in [4.69, 9.17) is 4.74 Å². The van der Waals surface area contributed by atoms with Crippen LogP contribution in [0.5, 0.6) is 0 Å². The number of rotatable bonds is 5. The number of hydrogen-bond donors (Lipinski definition) is 2. The Balaban J connectivity index is 1.92. The van der Waals surface area contributed by atoms with Crippen LogP contribution in [-0.4, -0.2) is 34.4 Å². The molecule has 1 aliphatic heterocycles. The first-order valence-corrected chi connectivity index (χ1v) is 8.49. The number of aliphatic hydroxyl groups is 1. The second-order valence-electron chi connectivity index (χ2n) is 6.85. The molecule has 5 nitrogen and oxygen atoms in total. The Kier molecular flexibility index (Phi) is 4.88. The minimum Gasteiger partial charge on any atom is -0.481 e. The summed E-state index contributed by atoms with van der Waals surface area (Å²) >= 11 is 0. The SMILES string of the molecule is C[C@@H](O)c1ccc2ccc(/C=C/C(C)(C(=O)O)C3CCOC3)cc2n1. The monoisotopic (exact) mass is 341 g/mol. The molecule has 3 atom stereocenters. The van der Waals surface area contributed by atoms with E-state index < -0.39 is 17.5 Å². The Labute approximate surface area is 147 Å². The van der Waals surface area contributed by atoms with Gasteiger partial charge in [0.05, 0.1) is 29.3 Å². The van der Waals surface area contributed by atoms with E-state index in [9.17, 15) is 15.0 Å². The number of fused-ring (bicyclic) bond motifs is 1. The Morgan fingerprint density at radius 3 is 2.80 bits per heavy atom. The molecule has 2 aromatic rings. The van der Waals surface area contributed by atoms with Gasteiger partial charge < -0.3 is 14.9 Å². The van der Waals surface area contributed by atoms with E-state index in [1.165, 1.54) is 0 Å². The van der Waals surface area contributed by atoms with Crippen molar-refractivity contribution in [2.24, 2.45) is 11.3 Å². The van der Waals surface area contributed by atoms with Gasteiger partial charge in [-0.25, -0.2) is 0 Å². The van der Waals surface area contributed by atoms with Gasteiger partial charge in [0, 0.05) is 17.9 Å². The maximum atomic E-state index is 11.8. The molecular weight excluding hydrogens is 318 g/mol. The fourth-order valence-corrected chi connectivity index (χ4v) is 3.15. The summed E-state index contributed by atoms with van der Waals surface area (Å²) in [5.74, 6) is -0.865. The van der Waals surface area contributed by atoms with Crippen LogP contribution in [0.3, 0.4) is 0 Å². The molecule has 1 fully saturated rings. The summed E-state index contributed by atoms with van der Waals surface area (Å²) in [4.78, 5) is 16.3. The first-order valence-electron chi connectivity index (χ1n) is 8.49. The van der Waals surface area contributed by atoms with Gasteiger partial charge in [0.1, 0.15) is 0 Å². The van der Waals surface area contributed by atoms with Crippen LogP contribution in [0.4, 0.5) is 0 Å². The van der Waals surface area contributed by atoms with Crippen molar-refractivity contribution in [2.45, 2.75) is 26.4 Å². The highest BCUT2D eigenvalue weighted by molar-refractivity contribution is 5.82. The lowest BCUT2D eigenvalue weighted by Gasteiger charge is -2.26. The van der Waals surface area contributed by atoms with E-state index in [1.807, 2.05) is 36.4 Å². The zero-order valence-electron chi connectivity index (χ0n) is 14.5. The van der Waals surface area contributed by atoms with Gasteiger partial charge in [0.15, 0.2) is 0 Å². The highest BCUT2D eigenvalue weighted by atomic mass is 16.5. The first-order chi connectivity index (χ1) is 11.9. The van der Waals surface area contributed by atoms with Gasteiger partial charge in [-0.05, 0) is 38.0 Å². The van der Waals surface area contributed by atoms with Gasteiger partial charge in [-0.1, -0.05) is 30.4 Å². The summed E-state index contributed by atoms with van der Waals surface area (Å²) in [5.41, 5.74) is 1.32. The third-order valence-corrected chi connectivity index (χ3v) is 5.03. The Morgan fingerprint density at radius 1 is 1.40 bits per heavy atom. The van der Waals surface area contributed by atoms with Crippen LogP contribution in [0.15, 0.2) is 36.4 Å². The zero-order valence-corrected chi connectivity index (χ0v) is 14.5. The van der Waals surface area contributed by atoms with Crippen LogP contribution in [0.1, 0.15) is 37.6 Å². The van der Waals surface area contributed by atoms with Crippen molar-refractivity contribution in [2.75, 3.05) is 13.2 Å². The molecular formula is C20H23NO4. The summed E-state index contributed by atoms with van der Waals surface area (Å²) in [7, 11) is 0. The predicted octanol–water partition coefficient (Wildman–Crippen LogP) is 3.43. The normalized spacial score (nSPS) is 21.5. The van der Waals surface area contributed by atoms with Crippen LogP contribution in [0.25, 0.3) is 17.0 Å². The number of pyridine rings is 1. The molecule has 3 rings (SSSR count). The zero-order chi connectivity index (χ0) is 18.0. The minimum absolute atomic E-state index is 0.0262. The molecule has 0 aliphatic carbocycles. The summed E-state index contributed by atoms with van der Waals surface area (Å²) < 4.78 is 5.37. The lowest BCUT2D eigenvalue weighted by atomic mass is 9.76. The van der Waals surface area contributed by atoms with E-state index in [0.717, 1.165) is 22.9 Å². The lowest BCUT2D eigenvalue weighted by Crippen LogP contribution is -2.34. The highest BCUT2D eigenvalue weighted by Gasteiger charge is 2.41. The fraction of sp³-hybridized carbons (Fsp3) is 0.400. The smallest absolute Gasteiger partial charge is 0.313 e. The number of aliphatic hydroxyl groups excluding tert-OH is 1. The number of carboxylic acids is 1. The predicted molar refractivity (Wildman–Crippen MR) is 96.1 cm³/mol. The number of benzene rings is 1. The standard InChI is InChI=1S/C20H23NO4/c1-13(22)17-6-5-15-4-3-14(11-18(15)21-17)7-9-20(2,19(23)24)16-8-10-25-12-16/h3-7,9,11,13,16,22H,8,10,12H2,1-2H3,(H,23,24)/b9-7+/t13-,16?,20?/m1/s1. The molecule has 2 N–H and O–H groups in total. The van der Waals surface area contributed by atoms with Crippen molar-refractivity contribution in [1.82, 2.24) is 4.98 Å². The molecule has 0 radical (unpaired) electrons. The Hall–Kier alpha value is -2.24. The molecule has 0 saturated carbocycles. The Morgan fingerprint density at radius 2 is 2.16 bits per heavy atom. The van der Waals surface area contributed by atoms with Crippen molar-refractivity contribution in [1.29, 1.82) is 0 Å². The topological polar surface area (TPSA) is 79.7 Å². The van der Waals surface area contributed by atoms with Crippen molar-refractivity contribution in [3.8, 4) is 0 Å². The van der Waals surface area contributed by atoms with Gasteiger partial charge in [-0.15, -0.1) is 0 Å². The van der Waals surface area contributed by atoms with E-state index >= 15 is 0 Å². The fourth-order valence-electron chi connectivity index (χ4n) is 3.15. The van der Waals surface area contributed by atoms with Crippen molar-refractivity contribution >= 4 is 22.9 Å². The minimum atomic E-state index is -0.958. The van der Waals surface area contributed by atoms with Crippen LogP contribution in [0, 0.1) is 11.3 Å². The molecule has 2 heterocycles. The molecule has 1 saturated heterocycles. The van der Waals surface area contributed by atoms with Crippen molar-refractivity contribution in [3.05, 3.63) is 47.7 Å². The number of carboxylic acid groups (broad SMARTS) is 1. The third-order valence-electron chi connectivity index (χ3n) is 5.03. The molecule has 1 aromatic heterocycles. The van der Waals surface area contributed by atoms with E-state index in [1.54, 1.807) is 19.9 Å². The summed E-state index contributed by atoms with van der Waals surface area (Å²) in [6, 6.07) is 9.53. The summed E-state index contributed by atoms with van der Waals surface area (Å²) in [5, 5.41) is 20.4. The first kappa shape index (κ1) is 17.6. The second-order valence-corrected chi connectivity index (χ2v) is 6.85. The number of nitrogens with zero attached hydrogens (tertiary/aromatic N) is 1. The highest BCUT2D eigenvalue weighted by Crippen LogP contribution is 2.36. The maximum Gasteiger partial charge on any atom is 0.313 e. The van der Waals surface area contributed by atoms with Crippen LogP contribution in [-0.2, 0) is 9.53 Å². The lowest BCUT2D eigenvalue weighted by molar-refractivity contribution is -0.147. The Bertz CT molecular complexity index is 808. The molecule has 25 heavy (non-hydrogen) atoms. The molecule has 0 amide bonds. The number of hydrogen-bond acceptors (Lipinski definition) is 4. The van der Waals surface area contributed by atoms with Crippen LogP contribution < -0.4 is 0 Å². The number of aliphatic carboxylic acids is 1. The van der Waals surface area contributed by atoms with Crippen LogP contribution >= 0.6 is 0 Å². The number of ether oxygens (including phenoxy) is 1. The number of carbonyl (C=O) groups is 1. The average molecular weight is 341 g/mol. The van der Waals surface area contributed by atoms with E-state index in [0.29, 0.717) is 18.9 Å². The molecule has 2 unspecified atom stereocenters. The summed E-state index contributed by atoms with van der Waals surface area (Å²) in [6.45, 7) is 4.52. The van der Waals surface area contributed by atoms with Gasteiger partial charge in [-0.3, -0.25) is 9.78 Å². The molecule has 132 valence electrons.